The molecule has 1 aliphatic heterocycles. The fourth-order valence-corrected chi connectivity index (χ4v) is 11.9. The van der Waals surface area contributed by atoms with Gasteiger partial charge in [0.15, 0.2) is 0 Å². The predicted molar refractivity (Wildman–Crippen MR) is 28.5 cm³/mol. The van der Waals surface area contributed by atoms with Gasteiger partial charge in [0.25, 0.3) is 0 Å². The van der Waals surface area contributed by atoms with Gasteiger partial charge in [0.05, 0.1) is 0 Å². The molecule has 0 saturated carbocycles. The molecule has 0 N–H and O–H groups in total. The predicted octanol–water partition coefficient (Wildman–Crippen LogP) is 0.0147. The van der Waals surface area contributed by atoms with Gasteiger partial charge in [0, 0.05) is 0 Å². The first-order valence-corrected chi connectivity index (χ1v) is 11.4. The molecule has 2 atom stereocenters. The summed E-state index contributed by atoms with van der Waals surface area (Å²) in [6.07, 6.45) is 1.61. The van der Waals surface area contributed by atoms with Crippen LogP contribution in [-0.2, 0) is 0 Å². The number of hydrogen-bond acceptors (Lipinski definition) is 0. The summed E-state index contributed by atoms with van der Waals surface area (Å²) in [7, 11) is 0. The number of hydrogen-bond donors (Lipinski definition) is 0. The summed E-state index contributed by atoms with van der Waals surface area (Å²) in [6.45, 7) is 0. The van der Waals surface area contributed by atoms with Crippen LogP contribution in [-0.4, -0.2) is 27.4 Å². The van der Waals surface area contributed by atoms with E-state index in [4.69, 9.17) is 0 Å². The average Bonchev–Trinajstić information content (AvgIpc) is 1.76. The molecule has 1 rings (SSSR count). The molecule has 0 aromatic carbocycles. The monoisotopic (exact) mass is 194 g/mol. The van der Waals surface area contributed by atoms with Crippen LogP contribution in [0, 0.1) is 0 Å². The van der Waals surface area contributed by atoms with Gasteiger partial charge in [-0.15, -0.1) is 0 Å². The summed E-state index contributed by atoms with van der Waals surface area (Å²) in [5.41, 5.74) is 0. The van der Waals surface area contributed by atoms with Crippen molar-refractivity contribution in [2.24, 2.45) is 0 Å². The zero-order valence-corrected chi connectivity index (χ0v) is 7.32. The first-order valence-electron chi connectivity index (χ1n) is 1.96. The van der Waals surface area contributed by atoms with Gasteiger partial charge in [-0.3, -0.25) is 0 Å². The second kappa shape index (κ2) is 2.32. The van der Waals surface area contributed by atoms with E-state index >= 15 is 0 Å². The third-order valence-electron chi connectivity index (χ3n) is 0.729. The fraction of sp³-hybridized carbons (Fsp3) is 1.00. The Morgan fingerprint density at radius 1 is 1.00 bits per heavy atom. The van der Waals surface area contributed by atoms with Gasteiger partial charge in [0.2, 0.25) is 0 Å². The minimum atomic E-state index is 0.764. The molecule has 0 radical (unpaired) electrons. The van der Waals surface area contributed by atoms with Crippen LogP contribution in [0.25, 0.3) is 0 Å². The molecule has 2 unspecified atom stereocenters. The van der Waals surface area contributed by atoms with Gasteiger partial charge in [-0.2, -0.15) is 0 Å². The molecule has 0 aromatic rings. The first kappa shape index (κ1) is 4.28. The fourth-order valence-electron chi connectivity index (χ4n) is 0.442. The van der Waals surface area contributed by atoms with Crippen LogP contribution in [0.15, 0.2) is 0 Å². The second-order valence-electron chi connectivity index (χ2n) is 1.21. The minimum absolute atomic E-state index is 0.764. The van der Waals surface area contributed by atoms with Gasteiger partial charge < -0.3 is 0 Å². The number of rotatable bonds is 0. The Morgan fingerprint density at radius 3 is 1.80 bits per heavy atom. The third kappa shape index (κ3) is 1.33. The van der Waals surface area contributed by atoms with E-state index < -0.39 is 0 Å². The van der Waals surface area contributed by atoms with E-state index in [1.165, 1.54) is 0 Å². The van der Waals surface area contributed by atoms with Crippen LogP contribution in [0.4, 0.5) is 0 Å². The average molecular weight is 194 g/mol. The zero-order valence-electron chi connectivity index (χ0n) is 3.12. The van der Waals surface area contributed by atoms with Crippen molar-refractivity contribution >= 4 is 27.4 Å². The molecule has 1 saturated heterocycles. The Balaban J connectivity index is 2.08. The van der Waals surface area contributed by atoms with E-state index in [9.17, 15) is 0 Å². The van der Waals surface area contributed by atoms with Crippen molar-refractivity contribution in [2.75, 3.05) is 0 Å². The quantitative estimate of drug-likeness (QED) is 0.476. The van der Waals surface area contributed by atoms with Gasteiger partial charge in [-0.05, 0) is 0 Å². The Bertz CT molecular complexity index is 16.5. The van der Waals surface area contributed by atoms with Crippen LogP contribution >= 0.6 is 0 Å². The molecule has 0 amide bonds. The Hall–Kier alpha value is 1.12. The topological polar surface area (TPSA) is 0 Å². The summed E-state index contributed by atoms with van der Waals surface area (Å²) in [6, 6.07) is 0. The van der Waals surface area contributed by atoms with Gasteiger partial charge >= 0.3 is 44.2 Å². The first-order chi connectivity index (χ1) is 2.50. The molecule has 0 nitrogen and oxygen atoms in total. The molecular formula is C3H8As2. The summed E-state index contributed by atoms with van der Waals surface area (Å²) in [4.78, 5) is 0. The van der Waals surface area contributed by atoms with E-state index in [0.717, 1.165) is 27.4 Å². The molecule has 1 fully saturated rings. The zero-order chi connectivity index (χ0) is 3.54. The summed E-state index contributed by atoms with van der Waals surface area (Å²) in [5.74, 6) is 0. The standard InChI is InChI=1S/C3H8As2/c1-2-4-5-3-1/h4-5H,1-3H2. The van der Waals surface area contributed by atoms with Gasteiger partial charge in [0.1, 0.15) is 0 Å². The maximum absolute atomic E-state index is 1.68. The summed E-state index contributed by atoms with van der Waals surface area (Å²) in [5, 5.41) is 3.36. The van der Waals surface area contributed by atoms with E-state index in [2.05, 4.69) is 0 Å². The Morgan fingerprint density at radius 2 is 1.60 bits per heavy atom. The van der Waals surface area contributed by atoms with E-state index in [1.807, 2.05) is 0 Å². The van der Waals surface area contributed by atoms with Crippen LogP contribution in [0.3, 0.4) is 0 Å². The van der Waals surface area contributed by atoms with Crippen molar-refractivity contribution in [1.82, 2.24) is 0 Å². The summed E-state index contributed by atoms with van der Waals surface area (Å²) < 4.78 is 0. The van der Waals surface area contributed by atoms with Gasteiger partial charge in [-0.1, -0.05) is 0 Å². The van der Waals surface area contributed by atoms with Crippen molar-refractivity contribution in [2.45, 2.75) is 16.8 Å². The molecule has 0 spiro atoms. The molecular weight excluding hydrogens is 186 g/mol. The molecule has 5 heavy (non-hydrogen) atoms. The third-order valence-corrected chi connectivity index (χ3v) is 12.0. The Labute approximate surface area is 44.4 Å². The molecule has 0 aromatic heterocycles. The maximum atomic E-state index is 1.68. The van der Waals surface area contributed by atoms with E-state index in [1.54, 1.807) is 16.8 Å². The molecule has 1 heterocycles. The van der Waals surface area contributed by atoms with Crippen molar-refractivity contribution in [3.05, 3.63) is 0 Å². The normalized spacial score (nSPS) is 33.6. The summed E-state index contributed by atoms with van der Waals surface area (Å²) >= 11 is 1.53. The SMILES string of the molecule is C1C[AsH][AsH]C1. The Kier molecular flexibility index (Phi) is 1.98. The van der Waals surface area contributed by atoms with Crippen molar-refractivity contribution in [1.29, 1.82) is 0 Å². The van der Waals surface area contributed by atoms with E-state index in [-0.39, 0.29) is 0 Å². The van der Waals surface area contributed by atoms with Crippen LogP contribution in [0.2, 0.25) is 10.4 Å². The van der Waals surface area contributed by atoms with E-state index in [0.29, 0.717) is 0 Å². The van der Waals surface area contributed by atoms with Crippen LogP contribution in [0.5, 0.6) is 0 Å². The molecule has 1 aliphatic rings. The van der Waals surface area contributed by atoms with Crippen LogP contribution in [0.1, 0.15) is 6.42 Å². The molecule has 30 valence electrons. The van der Waals surface area contributed by atoms with Crippen molar-refractivity contribution < 1.29 is 0 Å². The second-order valence-corrected chi connectivity index (χ2v) is 12.5. The van der Waals surface area contributed by atoms with Crippen LogP contribution < -0.4 is 0 Å². The molecule has 2 heteroatoms. The van der Waals surface area contributed by atoms with Gasteiger partial charge in [-0.25, -0.2) is 0 Å². The molecule has 0 aliphatic carbocycles. The van der Waals surface area contributed by atoms with Crippen molar-refractivity contribution in [3.8, 4) is 0 Å². The molecule has 0 bridgehead atoms. The van der Waals surface area contributed by atoms with Crippen molar-refractivity contribution in [3.63, 3.8) is 0 Å².